The van der Waals surface area contributed by atoms with Gasteiger partial charge in [-0.15, -0.1) is 0 Å². The van der Waals surface area contributed by atoms with Crippen molar-refractivity contribution in [1.82, 2.24) is 0 Å². The monoisotopic (exact) mass is 170 g/mol. The number of hydrogen-bond donors (Lipinski definition) is 1. The number of ether oxygens (including phenoxy) is 1. The van der Waals surface area contributed by atoms with Crippen molar-refractivity contribution in [3.05, 3.63) is 30.1 Å². The number of halogens is 1. The fourth-order valence-corrected chi connectivity index (χ4v) is 0.754. The highest BCUT2D eigenvalue weighted by Gasteiger charge is 2.01. The van der Waals surface area contributed by atoms with Crippen LogP contribution in [0.4, 0.5) is 4.39 Å². The fraction of sp³-hybridized carbons (Fsp3) is 0.333. The lowest BCUT2D eigenvalue weighted by atomic mass is 10.3. The summed E-state index contributed by atoms with van der Waals surface area (Å²) in [6, 6.07) is 5.54. The van der Waals surface area contributed by atoms with Crippen LogP contribution in [0.5, 0.6) is 5.75 Å². The number of benzene rings is 1. The van der Waals surface area contributed by atoms with Crippen LogP contribution in [0.15, 0.2) is 24.3 Å². The van der Waals surface area contributed by atoms with E-state index in [0.29, 0.717) is 12.2 Å². The minimum Gasteiger partial charge on any atom is -0.465 e. The smallest absolute Gasteiger partial charge is 0.197 e. The summed E-state index contributed by atoms with van der Waals surface area (Å²) in [4.78, 5) is 0. The summed E-state index contributed by atoms with van der Waals surface area (Å²) in [7, 11) is 0. The minimum absolute atomic E-state index is 0.312. The van der Waals surface area contributed by atoms with Gasteiger partial charge in [-0.3, -0.25) is 0 Å². The van der Waals surface area contributed by atoms with Crippen LogP contribution in [-0.4, -0.2) is 11.4 Å². The van der Waals surface area contributed by atoms with Gasteiger partial charge in [0.1, 0.15) is 11.6 Å². The van der Waals surface area contributed by atoms with Crippen LogP contribution in [0, 0.1) is 5.82 Å². The Morgan fingerprint density at radius 2 is 2.00 bits per heavy atom. The maximum Gasteiger partial charge on any atom is 0.197 e. The van der Waals surface area contributed by atoms with Gasteiger partial charge in [0.25, 0.3) is 0 Å². The molecule has 0 fully saturated rings. The van der Waals surface area contributed by atoms with Crippen LogP contribution in [0.2, 0.25) is 0 Å². The Kier molecular flexibility index (Phi) is 3.05. The molecule has 0 amide bonds. The molecule has 0 aliphatic carbocycles. The third-order valence-electron chi connectivity index (χ3n) is 1.43. The second-order valence-corrected chi connectivity index (χ2v) is 2.43. The molecule has 0 bridgehead atoms. The van der Waals surface area contributed by atoms with Crippen LogP contribution in [0.3, 0.4) is 0 Å². The Bertz CT molecular complexity index is 233. The van der Waals surface area contributed by atoms with Crippen LogP contribution >= 0.6 is 0 Å². The molecular formula is C9H11FO2. The van der Waals surface area contributed by atoms with Crippen molar-refractivity contribution in [3.63, 3.8) is 0 Å². The van der Waals surface area contributed by atoms with Gasteiger partial charge in [0.15, 0.2) is 6.29 Å². The van der Waals surface area contributed by atoms with Gasteiger partial charge in [0.05, 0.1) is 0 Å². The van der Waals surface area contributed by atoms with E-state index in [-0.39, 0.29) is 5.82 Å². The van der Waals surface area contributed by atoms with E-state index in [1.165, 1.54) is 24.3 Å². The van der Waals surface area contributed by atoms with Crippen molar-refractivity contribution in [3.8, 4) is 5.75 Å². The molecule has 3 heteroatoms. The normalized spacial score (nSPS) is 12.6. The van der Waals surface area contributed by atoms with Gasteiger partial charge >= 0.3 is 0 Å². The number of aliphatic hydroxyl groups is 1. The zero-order valence-electron chi connectivity index (χ0n) is 6.83. The van der Waals surface area contributed by atoms with Crippen LogP contribution in [0.1, 0.15) is 13.3 Å². The molecule has 0 saturated carbocycles. The Balaban J connectivity index is 2.58. The molecule has 1 N–H and O–H groups in total. The molecule has 1 rings (SSSR count). The summed E-state index contributed by atoms with van der Waals surface area (Å²) in [6.07, 6.45) is -0.298. The molecule has 1 aromatic rings. The van der Waals surface area contributed by atoms with Crippen molar-refractivity contribution in [2.75, 3.05) is 0 Å². The predicted octanol–water partition coefficient (Wildman–Crippen LogP) is 1.93. The molecule has 2 nitrogen and oxygen atoms in total. The van der Waals surface area contributed by atoms with Crippen molar-refractivity contribution >= 4 is 0 Å². The average molecular weight is 170 g/mol. The van der Waals surface area contributed by atoms with Gasteiger partial charge < -0.3 is 9.84 Å². The first kappa shape index (κ1) is 9.00. The summed E-state index contributed by atoms with van der Waals surface area (Å²) >= 11 is 0. The maximum absolute atomic E-state index is 12.4. The SMILES string of the molecule is CCC(O)Oc1ccc(F)cc1. The number of hydrogen-bond acceptors (Lipinski definition) is 2. The van der Waals surface area contributed by atoms with Gasteiger partial charge in [-0.2, -0.15) is 0 Å². The lowest BCUT2D eigenvalue weighted by Gasteiger charge is -2.10. The molecule has 0 aliphatic heterocycles. The van der Waals surface area contributed by atoms with Crippen LogP contribution < -0.4 is 4.74 Å². The van der Waals surface area contributed by atoms with E-state index >= 15 is 0 Å². The molecule has 1 atom stereocenters. The Morgan fingerprint density at radius 3 is 2.50 bits per heavy atom. The van der Waals surface area contributed by atoms with Crippen LogP contribution in [0.25, 0.3) is 0 Å². The number of aliphatic hydroxyl groups excluding tert-OH is 1. The van der Waals surface area contributed by atoms with Crippen molar-refractivity contribution in [2.45, 2.75) is 19.6 Å². The van der Waals surface area contributed by atoms with Gasteiger partial charge in [0.2, 0.25) is 0 Å². The molecule has 0 aliphatic rings. The standard InChI is InChI=1S/C9H11FO2/c1-2-9(11)12-8-5-3-7(10)4-6-8/h3-6,9,11H,2H2,1H3. The second-order valence-electron chi connectivity index (χ2n) is 2.43. The van der Waals surface area contributed by atoms with E-state index in [9.17, 15) is 4.39 Å². The predicted molar refractivity (Wildman–Crippen MR) is 43.3 cm³/mol. The van der Waals surface area contributed by atoms with Gasteiger partial charge in [-0.1, -0.05) is 6.92 Å². The Morgan fingerprint density at radius 1 is 1.42 bits per heavy atom. The Hall–Kier alpha value is -1.09. The number of rotatable bonds is 3. The van der Waals surface area contributed by atoms with Crippen molar-refractivity contribution in [2.24, 2.45) is 0 Å². The lowest BCUT2D eigenvalue weighted by molar-refractivity contribution is -0.0191. The molecule has 66 valence electrons. The van der Waals surface area contributed by atoms with Gasteiger partial charge in [0, 0.05) is 6.42 Å². The molecule has 1 unspecified atom stereocenters. The molecule has 0 aromatic heterocycles. The third-order valence-corrected chi connectivity index (χ3v) is 1.43. The van der Waals surface area contributed by atoms with Crippen LogP contribution in [-0.2, 0) is 0 Å². The summed E-state index contributed by atoms with van der Waals surface area (Å²) < 4.78 is 17.4. The highest BCUT2D eigenvalue weighted by atomic mass is 19.1. The zero-order valence-corrected chi connectivity index (χ0v) is 6.83. The quantitative estimate of drug-likeness (QED) is 0.702. The second kappa shape index (κ2) is 4.07. The summed E-state index contributed by atoms with van der Waals surface area (Å²) in [6.45, 7) is 1.80. The van der Waals surface area contributed by atoms with Gasteiger partial charge in [-0.25, -0.2) is 4.39 Å². The van der Waals surface area contributed by atoms with E-state index in [1.807, 2.05) is 0 Å². The molecule has 0 heterocycles. The van der Waals surface area contributed by atoms with Crippen molar-refractivity contribution < 1.29 is 14.2 Å². The largest absolute Gasteiger partial charge is 0.465 e. The first-order valence-electron chi connectivity index (χ1n) is 3.82. The fourth-order valence-electron chi connectivity index (χ4n) is 0.754. The molecule has 0 spiro atoms. The molecule has 0 saturated heterocycles. The van der Waals surface area contributed by atoms with Gasteiger partial charge in [-0.05, 0) is 24.3 Å². The van der Waals surface area contributed by atoms with E-state index in [2.05, 4.69) is 0 Å². The molecule has 1 aromatic carbocycles. The molecular weight excluding hydrogens is 159 g/mol. The summed E-state index contributed by atoms with van der Waals surface area (Å²) in [5, 5.41) is 9.06. The highest BCUT2D eigenvalue weighted by molar-refractivity contribution is 5.22. The lowest BCUT2D eigenvalue weighted by Crippen LogP contribution is -2.13. The third kappa shape index (κ3) is 2.51. The first-order chi connectivity index (χ1) is 5.72. The summed E-state index contributed by atoms with van der Waals surface area (Å²) in [5.74, 6) is 0.166. The van der Waals surface area contributed by atoms with E-state index in [0.717, 1.165) is 0 Å². The average Bonchev–Trinajstić information content (AvgIpc) is 2.09. The minimum atomic E-state index is -0.810. The Labute approximate surface area is 70.6 Å². The molecule has 0 radical (unpaired) electrons. The maximum atomic E-state index is 12.4. The van der Waals surface area contributed by atoms with E-state index < -0.39 is 6.29 Å². The highest BCUT2D eigenvalue weighted by Crippen LogP contribution is 2.12. The van der Waals surface area contributed by atoms with Crippen molar-refractivity contribution in [1.29, 1.82) is 0 Å². The first-order valence-corrected chi connectivity index (χ1v) is 3.82. The topological polar surface area (TPSA) is 29.5 Å². The van der Waals surface area contributed by atoms with E-state index in [1.54, 1.807) is 6.92 Å². The zero-order chi connectivity index (χ0) is 8.97. The molecule has 12 heavy (non-hydrogen) atoms. The summed E-state index contributed by atoms with van der Waals surface area (Å²) in [5.41, 5.74) is 0. The van der Waals surface area contributed by atoms with E-state index in [4.69, 9.17) is 9.84 Å².